The molecule has 0 saturated carbocycles. The standard InChI is InChI=1S/C12H18N4O3S/c1-3-14-10-4-5-13-8-11(10)20(18,19)16-7-6-15-12(17)9(16)2/h4-5,8-9H,3,6-7H2,1-2H3,(H,13,14)(H,15,17). The number of rotatable bonds is 4. The van der Waals surface area contributed by atoms with E-state index in [1.807, 2.05) is 6.92 Å². The van der Waals surface area contributed by atoms with E-state index in [0.717, 1.165) is 0 Å². The minimum Gasteiger partial charge on any atom is -0.384 e. The van der Waals surface area contributed by atoms with Crippen LogP contribution in [0.15, 0.2) is 23.4 Å². The first-order chi connectivity index (χ1) is 9.48. The Morgan fingerprint density at radius 2 is 2.30 bits per heavy atom. The van der Waals surface area contributed by atoms with E-state index in [-0.39, 0.29) is 17.3 Å². The number of carbonyl (C=O) groups excluding carboxylic acids is 1. The molecule has 7 nitrogen and oxygen atoms in total. The quantitative estimate of drug-likeness (QED) is 0.818. The molecule has 0 aromatic carbocycles. The number of sulfonamides is 1. The highest BCUT2D eigenvalue weighted by Crippen LogP contribution is 2.25. The van der Waals surface area contributed by atoms with Gasteiger partial charge in [0, 0.05) is 32.0 Å². The van der Waals surface area contributed by atoms with Crippen LogP contribution >= 0.6 is 0 Å². The Morgan fingerprint density at radius 3 is 3.00 bits per heavy atom. The van der Waals surface area contributed by atoms with Gasteiger partial charge in [0.05, 0.1) is 5.69 Å². The molecule has 1 saturated heterocycles. The zero-order chi connectivity index (χ0) is 14.8. The summed E-state index contributed by atoms with van der Waals surface area (Å²) in [5.74, 6) is -0.284. The smallest absolute Gasteiger partial charge is 0.247 e. The second-order valence-electron chi connectivity index (χ2n) is 4.48. The zero-order valence-corrected chi connectivity index (χ0v) is 12.3. The second-order valence-corrected chi connectivity index (χ2v) is 6.34. The fourth-order valence-electron chi connectivity index (χ4n) is 2.14. The third-order valence-corrected chi connectivity index (χ3v) is 5.18. The first kappa shape index (κ1) is 14.7. The zero-order valence-electron chi connectivity index (χ0n) is 11.5. The number of amides is 1. The van der Waals surface area contributed by atoms with Crippen LogP contribution < -0.4 is 10.6 Å². The third-order valence-electron chi connectivity index (χ3n) is 3.18. The van der Waals surface area contributed by atoms with Crippen LogP contribution in [0, 0.1) is 0 Å². The largest absolute Gasteiger partial charge is 0.384 e. The van der Waals surface area contributed by atoms with Gasteiger partial charge in [0.2, 0.25) is 15.9 Å². The van der Waals surface area contributed by atoms with Crippen molar-refractivity contribution in [2.45, 2.75) is 24.8 Å². The minimum atomic E-state index is -3.75. The van der Waals surface area contributed by atoms with Crippen molar-refractivity contribution in [3.63, 3.8) is 0 Å². The Balaban J connectivity index is 2.42. The molecule has 110 valence electrons. The Kier molecular flexibility index (Phi) is 4.24. The number of piperazine rings is 1. The maximum absolute atomic E-state index is 12.7. The van der Waals surface area contributed by atoms with Gasteiger partial charge in [-0.2, -0.15) is 4.31 Å². The van der Waals surface area contributed by atoms with Gasteiger partial charge in [0.1, 0.15) is 10.9 Å². The average Bonchev–Trinajstić information content (AvgIpc) is 2.42. The third kappa shape index (κ3) is 2.61. The Morgan fingerprint density at radius 1 is 1.55 bits per heavy atom. The molecule has 0 radical (unpaired) electrons. The summed E-state index contributed by atoms with van der Waals surface area (Å²) >= 11 is 0. The molecule has 2 rings (SSSR count). The Labute approximate surface area is 118 Å². The van der Waals surface area contributed by atoms with Crippen molar-refractivity contribution in [1.29, 1.82) is 0 Å². The molecule has 1 aromatic heterocycles. The molecule has 0 aliphatic carbocycles. The molecular weight excluding hydrogens is 280 g/mol. The molecule has 1 amide bonds. The van der Waals surface area contributed by atoms with Gasteiger partial charge in [-0.3, -0.25) is 9.78 Å². The maximum atomic E-state index is 12.7. The summed E-state index contributed by atoms with van der Waals surface area (Å²) in [4.78, 5) is 15.6. The molecule has 20 heavy (non-hydrogen) atoms. The van der Waals surface area contributed by atoms with E-state index in [0.29, 0.717) is 18.8 Å². The lowest BCUT2D eigenvalue weighted by atomic mass is 10.2. The van der Waals surface area contributed by atoms with Gasteiger partial charge >= 0.3 is 0 Å². The van der Waals surface area contributed by atoms with Crippen molar-refractivity contribution in [2.75, 3.05) is 25.0 Å². The predicted molar refractivity (Wildman–Crippen MR) is 74.8 cm³/mol. The Hall–Kier alpha value is -1.67. The van der Waals surface area contributed by atoms with E-state index in [2.05, 4.69) is 15.6 Å². The van der Waals surface area contributed by atoms with E-state index >= 15 is 0 Å². The maximum Gasteiger partial charge on any atom is 0.247 e. The predicted octanol–water partition coefficient (Wildman–Crippen LogP) is 0.0224. The number of anilines is 1. The SMILES string of the molecule is CCNc1ccncc1S(=O)(=O)N1CCNC(=O)C1C. The Bertz CT molecular complexity index is 602. The highest BCUT2D eigenvalue weighted by Gasteiger charge is 2.36. The molecule has 1 atom stereocenters. The van der Waals surface area contributed by atoms with E-state index in [9.17, 15) is 13.2 Å². The number of hydrogen-bond acceptors (Lipinski definition) is 5. The summed E-state index contributed by atoms with van der Waals surface area (Å²) < 4.78 is 26.6. The fourth-order valence-corrected chi connectivity index (χ4v) is 3.85. The number of pyridine rings is 1. The molecule has 0 spiro atoms. The number of nitrogens with zero attached hydrogens (tertiary/aromatic N) is 2. The molecule has 1 fully saturated rings. The molecule has 2 N–H and O–H groups in total. The monoisotopic (exact) mass is 298 g/mol. The number of hydrogen-bond donors (Lipinski definition) is 2. The number of aromatic nitrogens is 1. The lowest BCUT2D eigenvalue weighted by Crippen LogP contribution is -2.55. The molecule has 1 aliphatic rings. The van der Waals surface area contributed by atoms with E-state index in [1.165, 1.54) is 16.7 Å². The summed E-state index contributed by atoms with van der Waals surface area (Å²) in [5, 5.41) is 5.65. The summed E-state index contributed by atoms with van der Waals surface area (Å²) in [6.45, 7) is 4.64. The van der Waals surface area contributed by atoms with Crippen molar-refractivity contribution < 1.29 is 13.2 Å². The summed E-state index contributed by atoms with van der Waals surface area (Å²) in [7, 11) is -3.75. The van der Waals surface area contributed by atoms with Crippen LogP contribution in [0.2, 0.25) is 0 Å². The molecule has 1 unspecified atom stereocenters. The summed E-state index contributed by atoms with van der Waals surface area (Å²) in [6, 6.07) is 0.897. The van der Waals surface area contributed by atoms with Crippen molar-refractivity contribution in [1.82, 2.24) is 14.6 Å². The molecule has 1 aliphatic heterocycles. The van der Waals surface area contributed by atoms with Crippen LogP contribution in [0.3, 0.4) is 0 Å². The van der Waals surface area contributed by atoms with Crippen LogP contribution in [-0.2, 0) is 14.8 Å². The highest BCUT2D eigenvalue weighted by atomic mass is 32.2. The van der Waals surface area contributed by atoms with Gasteiger partial charge in [-0.1, -0.05) is 0 Å². The van der Waals surface area contributed by atoms with Crippen LogP contribution in [0.1, 0.15) is 13.8 Å². The van der Waals surface area contributed by atoms with E-state index in [4.69, 9.17) is 0 Å². The van der Waals surface area contributed by atoms with Gasteiger partial charge in [0.25, 0.3) is 0 Å². The van der Waals surface area contributed by atoms with Crippen LogP contribution in [0.25, 0.3) is 0 Å². The molecule has 1 aromatic rings. The van der Waals surface area contributed by atoms with Crippen molar-refractivity contribution in [3.8, 4) is 0 Å². The summed E-state index contributed by atoms with van der Waals surface area (Å²) in [5.41, 5.74) is 0.501. The highest BCUT2D eigenvalue weighted by molar-refractivity contribution is 7.89. The van der Waals surface area contributed by atoms with Gasteiger partial charge in [-0.25, -0.2) is 8.42 Å². The van der Waals surface area contributed by atoms with Crippen molar-refractivity contribution >= 4 is 21.6 Å². The van der Waals surface area contributed by atoms with Crippen molar-refractivity contribution in [3.05, 3.63) is 18.5 Å². The summed E-state index contributed by atoms with van der Waals surface area (Å²) in [6.07, 6.45) is 2.84. The van der Waals surface area contributed by atoms with Gasteiger partial charge in [0.15, 0.2) is 0 Å². The molecule has 2 heterocycles. The number of carbonyl (C=O) groups is 1. The lowest BCUT2D eigenvalue weighted by molar-refractivity contribution is -0.126. The van der Waals surface area contributed by atoms with E-state index in [1.54, 1.807) is 13.0 Å². The van der Waals surface area contributed by atoms with Gasteiger partial charge < -0.3 is 10.6 Å². The lowest BCUT2D eigenvalue weighted by Gasteiger charge is -2.32. The first-order valence-corrected chi connectivity index (χ1v) is 7.90. The van der Waals surface area contributed by atoms with E-state index < -0.39 is 16.1 Å². The second kappa shape index (κ2) is 5.76. The van der Waals surface area contributed by atoms with Gasteiger partial charge in [-0.15, -0.1) is 0 Å². The van der Waals surface area contributed by atoms with Crippen molar-refractivity contribution in [2.24, 2.45) is 0 Å². The van der Waals surface area contributed by atoms with Crippen LogP contribution in [-0.4, -0.2) is 49.3 Å². The molecule has 8 heteroatoms. The minimum absolute atomic E-state index is 0.100. The van der Waals surface area contributed by atoms with Gasteiger partial charge in [-0.05, 0) is 19.9 Å². The topological polar surface area (TPSA) is 91.4 Å². The first-order valence-electron chi connectivity index (χ1n) is 6.46. The number of nitrogens with one attached hydrogen (secondary N) is 2. The molecular formula is C12H18N4O3S. The fraction of sp³-hybridized carbons (Fsp3) is 0.500. The average molecular weight is 298 g/mol. The van der Waals surface area contributed by atoms with Crippen LogP contribution in [0.4, 0.5) is 5.69 Å². The van der Waals surface area contributed by atoms with Crippen LogP contribution in [0.5, 0.6) is 0 Å². The normalized spacial score (nSPS) is 20.5. The molecule has 0 bridgehead atoms.